The molecule has 2 saturated heterocycles. The third-order valence-electron chi connectivity index (χ3n) is 7.86. The number of hydrogen-bond acceptors (Lipinski definition) is 5. The van der Waals surface area contributed by atoms with Crippen LogP contribution in [0.1, 0.15) is 50.2 Å². The molecule has 7 heteroatoms. The van der Waals surface area contributed by atoms with Gasteiger partial charge in [0.05, 0.1) is 30.1 Å². The Balaban J connectivity index is 1.54. The van der Waals surface area contributed by atoms with Crippen LogP contribution in [0.5, 0.6) is 0 Å². The number of benzene rings is 2. The third kappa shape index (κ3) is 5.94. The molecule has 0 bridgehead atoms. The van der Waals surface area contributed by atoms with Crippen molar-refractivity contribution >= 4 is 17.6 Å². The average molecular weight is 506 g/mol. The van der Waals surface area contributed by atoms with E-state index in [9.17, 15) is 14.4 Å². The maximum absolute atomic E-state index is 13.9. The molecule has 0 aliphatic carbocycles. The van der Waals surface area contributed by atoms with Crippen molar-refractivity contribution in [2.45, 2.75) is 51.2 Å². The Kier molecular flexibility index (Phi) is 8.14. The Morgan fingerprint density at radius 2 is 1.76 bits per heavy atom. The van der Waals surface area contributed by atoms with Crippen molar-refractivity contribution in [1.29, 1.82) is 0 Å². The van der Waals surface area contributed by atoms with E-state index >= 15 is 0 Å². The first-order valence-electron chi connectivity index (χ1n) is 13.1. The molecule has 0 unspecified atom stereocenters. The first-order chi connectivity index (χ1) is 17.6. The third-order valence-corrected chi connectivity index (χ3v) is 7.86. The van der Waals surface area contributed by atoms with E-state index in [-0.39, 0.29) is 36.5 Å². The van der Waals surface area contributed by atoms with E-state index in [0.717, 1.165) is 24.0 Å². The molecule has 2 aromatic rings. The van der Waals surface area contributed by atoms with Gasteiger partial charge in [-0.1, -0.05) is 60.7 Å². The number of likely N-dealkylation sites (N-methyl/N-ethyl adjacent to an activating group) is 1. The summed E-state index contributed by atoms with van der Waals surface area (Å²) in [7, 11) is 1.84. The minimum Gasteiger partial charge on any atom is -0.376 e. The highest BCUT2D eigenvalue weighted by atomic mass is 16.5. The van der Waals surface area contributed by atoms with Gasteiger partial charge in [-0.2, -0.15) is 0 Å². The fourth-order valence-electron chi connectivity index (χ4n) is 5.76. The zero-order valence-electron chi connectivity index (χ0n) is 22.2. The summed E-state index contributed by atoms with van der Waals surface area (Å²) >= 11 is 0. The van der Waals surface area contributed by atoms with E-state index in [0.29, 0.717) is 26.2 Å². The monoisotopic (exact) mass is 505 g/mol. The number of piperidine rings is 1. The second-order valence-corrected chi connectivity index (χ2v) is 11.2. The van der Waals surface area contributed by atoms with E-state index in [1.807, 2.05) is 55.6 Å². The number of carbonyl (C=O) groups is 3. The summed E-state index contributed by atoms with van der Waals surface area (Å²) in [6.45, 7) is 5.35. The van der Waals surface area contributed by atoms with Gasteiger partial charge in [0.1, 0.15) is 0 Å². The zero-order chi connectivity index (χ0) is 26.6. The van der Waals surface area contributed by atoms with Gasteiger partial charge in [-0.15, -0.1) is 0 Å². The molecule has 37 heavy (non-hydrogen) atoms. The number of ether oxygens (including phenoxy) is 1. The fourth-order valence-corrected chi connectivity index (χ4v) is 5.76. The van der Waals surface area contributed by atoms with Crippen LogP contribution in [0.15, 0.2) is 60.7 Å². The average Bonchev–Trinajstić information content (AvgIpc) is 3.13. The highest BCUT2D eigenvalue weighted by molar-refractivity contribution is 5.92. The predicted octanol–water partition coefficient (Wildman–Crippen LogP) is 3.38. The molecule has 0 radical (unpaired) electrons. The molecule has 3 atom stereocenters. The first kappa shape index (κ1) is 27.0. The van der Waals surface area contributed by atoms with Gasteiger partial charge in [-0.05, 0) is 37.8 Å². The van der Waals surface area contributed by atoms with Gasteiger partial charge in [0.2, 0.25) is 11.8 Å². The van der Waals surface area contributed by atoms with Crippen LogP contribution in [0.3, 0.4) is 0 Å². The topological polar surface area (TPSA) is 92.9 Å². The minimum absolute atomic E-state index is 0.0105. The Bertz CT molecular complexity index is 1100. The number of nitrogens with zero attached hydrogens (tertiary/aromatic N) is 2. The van der Waals surface area contributed by atoms with Crippen molar-refractivity contribution in [3.8, 4) is 0 Å². The molecule has 2 aliphatic rings. The molecular weight excluding hydrogens is 466 g/mol. The van der Waals surface area contributed by atoms with Gasteiger partial charge in [0, 0.05) is 39.0 Å². The summed E-state index contributed by atoms with van der Waals surface area (Å²) < 4.78 is 5.94. The van der Waals surface area contributed by atoms with Crippen LogP contribution in [0.4, 0.5) is 0 Å². The van der Waals surface area contributed by atoms with Gasteiger partial charge >= 0.3 is 0 Å². The van der Waals surface area contributed by atoms with E-state index in [1.165, 1.54) is 0 Å². The van der Waals surface area contributed by atoms with Gasteiger partial charge in [-0.25, -0.2) is 0 Å². The highest BCUT2D eigenvalue weighted by Gasteiger charge is 2.55. The summed E-state index contributed by atoms with van der Waals surface area (Å²) in [5, 5.41) is 0. The van der Waals surface area contributed by atoms with Crippen LogP contribution >= 0.6 is 0 Å². The summed E-state index contributed by atoms with van der Waals surface area (Å²) in [6, 6.07) is 19.9. The van der Waals surface area contributed by atoms with Crippen LogP contribution in [-0.4, -0.2) is 66.2 Å². The van der Waals surface area contributed by atoms with Crippen LogP contribution in [0.25, 0.3) is 0 Å². The first-order valence-corrected chi connectivity index (χ1v) is 13.1. The lowest BCUT2D eigenvalue weighted by atomic mass is 9.69. The molecular formula is C30H39N3O4. The van der Waals surface area contributed by atoms with Crippen LogP contribution in [-0.2, 0) is 25.7 Å². The quantitative estimate of drug-likeness (QED) is 0.564. The van der Waals surface area contributed by atoms with Gasteiger partial charge < -0.3 is 20.3 Å². The van der Waals surface area contributed by atoms with Crippen LogP contribution < -0.4 is 5.73 Å². The Hall–Kier alpha value is -3.03. The van der Waals surface area contributed by atoms with Crippen molar-refractivity contribution in [3.05, 3.63) is 71.8 Å². The van der Waals surface area contributed by atoms with Gasteiger partial charge in [0.25, 0.3) is 0 Å². The number of amides is 2. The summed E-state index contributed by atoms with van der Waals surface area (Å²) in [5.41, 5.74) is 6.50. The van der Waals surface area contributed by atoms with Crippen molar-refractivity contribution in [3.63, 3.8) is 0 Å². The maximum Gasteiger partial charge on any atom is 0.231 e. The molecule has 2 amide bonds. The van der Waals surface area contributed by atoms with Crippen LogP contribution in [0, 0.1) is 11.3 Å². The number of hydrogen-bond donors (Lipinski definition) is 1. The van der Waals surface area contributed by atoms with E-state index in [1.54, 1.807) is 23.6 Å². The fraction of sp³-hybridized carbons (Fsp3) is 0.500. The van der Waals surface area contributed by atoms with Crippen molar-refractivity contribution in [2.24, 2.45) is 17.1 Å². The Morgan fingerprint density at radius 3 is 2.41 bits per heavy atom. The highest BCUT2D eigenvalue weighted by Crippen LogP contribution is 2.49. The van der Waals surface area contributed by atoms with Crippen molar-refractivity contribution in [1.82, 2.24) is 9.80 Å². The number of carbonyl (C=O) groups excluding carboxylic acids is 3. The maximum atomic E-state index is 13.9. The molecule has 198 valence electrons. The summed E-state index contributed by atoms with van der Waals surface area (Å²) in [6.07, 6.45) is 1.49. The standard InChI is InChI=1S/C30H39N3O4/c1-29(2,31)26(34)17-24(20-37-19-22-11-6-4-7-12-22)27(35)33-16-10-15-30(21-33)25(18-32(3)28(30)36)23-13-8-5-9-14-23/h4-9,11-14,24-25H,10,15-21,31H2,1-3H3/t24-,25-,30-/m1/s1. The van der Waals surface area contributed by atoms with Gasteiger partial charge in [0.15, 0.2) is 5.78 Å². The Morgan fingerprint density at radius 1 is 1.11 bits per heavy atom. The largest absolute Gasteiger partial charge is 0.376 e. The Labute approximate surface area is 220 Å². The predicted molar refractivity (Wildman–Crippen MR) is 143 cm³/mol. The molecule has 0 aromatic heterocycles. The van der Waals surface area contributed by atoms with Crippen LogP contribution in [0.2, 0.25) is 0 Å². The second kappa shape index (κ2) is 11.2. The molecule has 0 saturated carbocycles. The smallest absolute Gasteiger partial charge is 0.231 e. The minimum atomic E-state index is -1.04. The number of nitrogens with two attached hydrogens (primary N) is 1. The molecule has 2 aromatic carbocycles. The summed E-state index contributed by atoms with van der Waals surface area (Å²) in [5.74, 6) is -0.869. The molecule has 2 fully saturated rings. The number of likely N-dealkylation sites (tertiary alicyclic amines) is 2. The number of Topliss-reactive ketones (excluding diaryl/α,β-unsaturated/α-hetero) is 1. The number of rotatable bonds is 9. The molecule has 4 rings (SSSR count). The van der Waals surface area contributed by atoms with Crippen molar-refractivity contribution < 1.29 is 19.1 Å². The lowest BCUT2D eigenvalue weighted by molar-refractivity contribution is -0.148. The number of ketones is 1. The second-order valence-electron chi connectivity index (χ2n) is 11.2. The lowest BCUT2D eigenvalue weighted by Crippen LogP contribution is -2.53. The lowest BCUT2D eigenvalue weighted by Gasteiger charge is -2.43. The van der Waals surface area contributed by atoms with Crippen molar-refractivity contribution in [2.75, 3.05) is 33.3 Å². The SMILES string of the molecule is CN1C[C@H](c2ccccc2)[C@]2(CCCN(C(=O)[C@@H](COCc3ccccc3)CC(=O)C(C)(C)N)C2)C1=O. The van der Waals surface area contributed by atoms with E-state index < -0.39 is 16.9 Å². The molecule has 1 spiro atoms. The van der Waals surface area contributed by atoms with E-state index in [2.05, 4.69) is 12.1 Å². The normalized spacial score (nSPS) is 22.9. The van der Waals surface area contributed by atoms with Gasteiger partial charge in [-0.3, -0.25) is 14.4 Å². The summed E-state index contributed by atoms with van der Waals surface area (Å²) in [4.78, 5) is 43.9. The molecule has 2 aliphatic heterocycles. The molecule has 2 N–H and O–H groups in total. The zero-order valence-corrected chi connectivity index (χ0v) is 22.2. The molecule has 2 heterocycles. The van der Waals surface area contributed by atoms with E-state index in [4.69, 9.17) is 10.5 Å². The molecule has 7 nitrogen and oxygen atoms in total.